The maximum absolute atomic E-state index is 13.9. The van der Waals surface area contributed by atoms with Crippen LogP contribution in [0.25, 0.3) is 0 Å². The second kappa shape index (κ2) is 10.4. The standard InChI is InChI=1S/C19H29FO3/c1-14(2)16-8-9-19(17(20)12-16)23-11-7-5-6-10-22-13-18(21)15(3)4/h8-9,12,14-15H,5-7,10-11,13H2,1-4H3. The van der Waals surface area contributed by atoms with Gasteiger partial charge in [-0.1, -0.05) is 33.8 Å². The SMILES string of the molecule is CC(C)C(=O)COCCCCCOc1ccc(C(C)C)cc1F. The van der Waals surface area contributed by atoms with Gasteiger partial charge in [0.05, 0.1) is 6.61 Å². The summed E-state index contributed by atoms with van der Waals surface area (Å²) in [6.45, 7) is 9.07. The highest BCUT2D eigenvalue weighted by Gasteiger charge is 2.08. The molecule has 0 saturated heterocycles. The summed E-state index contributed by atoms with van der Waals surface area (Å²) in [5, 5.41) is 0. The van der Waals surface area contributed by atoms with Crippen LogP contribution in [0, 0.1) is 11.7 Å². The maximum atomic E-state index is 13.9. The van der Waals surface area contributed by atoms with E-state index in [1.165, 1.54) is 0 Å². The van der Waals surface area contributed by atoms with Crippen molar-refractivity contribution in [1.82, 2.24) is 0 Å². The molecule has 0 aliphatic rings. The van der Waals surface area contributed by atoms with Crippen molar-refractivity contribution in [2.75, 3.05) is 19.8 Å². The Kier molecular flexibility index (Phi) is 8.85. The molecule has 0 atom stereocenters. The highest BCUT2D eigenvalue weighted by molar-refractivity contribution is 5.81. The van der Waals surface area contributed by atoms with Crippen LogP contribution in [0.1, 0.15) is 58.4 Å². The fraction of sp³-hybridized carbons (Fsp3) is 0.632. The molecule has 0 saturated carbocycles. The molecule has 0 spiro atoms. The predicted octanol–water partition coefficient (Wildman–Crippen LogP) is 4.74. The normalized spacial score (nSPS) is 11.3. The highest BCUT2D eigenvalue weighted by atomic mass is 19.1. The quantitative estimate of drug-likeness (QED) is 0.552. The molecule has 0 bridgehead atoms. The number of carbonyl (C=O) groups is 1. The number of carbonyl (C=O) groups excluding carboxylic acids is 1. The number of rotatable bonds is 11. The lowest BCUT2D eigenvalue weighted by atomic mass is 10.0. The molecule has 23 heavy (non-hydrogen) atoms. The maximum Gasteiger partial charge on any atom is 0.165 e. The molecule has 0 amide bonds. The van der Waals surface area contributed by atoms with Crippen LogP contribution in [0.15, 0.2) is 18.2 Å². The van der Waals surface area contributed by atoms with E-state index in [1.54, 1.807) is 12.1 Å². The van der Waals surface area contributed by atoms with Crippen LogP contribution in [0.4, 0.5) is 4.39 Å². The van der Waals surface area contributed by atoms with Crippen LogP contribution in [-0.4, -0.2) is 25.6 Å². The third-order valence-corrected chi connectivity index (χ3v) is 3.70. The average molecular weight is 324 g/mol. The Balaban J connectivity index is 2.12. The molecule has 0 aliphatic carbocycles. The Morgan fingerprint density at radius 2 is 1.78 bits per heavy atom. The highest BCUT2D eigenvalue weighted by Crippen LogP contribution is 2.23. The fourth-order valence-corrected chi connectivity index (χ4v) is 2.00. The van der Waals surface area contributed by atoms with Crippen LogP contribution >= 0.6 is 0 Å². The zero-order valence-electron chi connectivity index (χ0n) is 14.7. The first-order chi connectivity index (χ1) is 10.9. The number of unbranched alkanes of at least 4 members (excludes halogenated alkanes) is 2. The summed E-state index contributed by atoms with van der Waals surface area (Å²) < 4.78 is 24.7. The van der Waals surface area contributed by atoms with Crippen molar-refractivity contribution in [2.24, 2.45) is 5.92 Å². The first kappa shape index (κ1) is 19.6. The lowest BCUT2D eigenvalue weighted by molar-refractivity contribution is -0.126. The number of hydrogen-bond donors (Lipinski definition) is 0. The van der Waals surface area contributed by atoms with Gasteiger partial charge in [0, 0.05) is 12.5 Å². The van der Waals surface area contributed by atoms with E-state index >= 15 is 0 Å². The van der Waals surface area contributed by atoms with Gasteiger partial charge in [-0.25, -0.2) is 4.39 Å². The van der Waals surface area contributed by atoms with Crippen LogP contribution in [0.2, 0.25) is 0 Å². The largest absolute Gasteiger partial charge is 0.491 e. The van der Waals surface area contributed by atoms with Crippen LogP contribution in [0.3, 0.4) is 0 Å². The summed E-state index contributed by atoms with van der Waals surface area (Å²) >= 11 is 0. The Bertz CT molecular complexity index is 484. The number of Topliss-reactive ketones (excluding diaryl/α,β-unsaturated/α-hetero) is 1. The summed E-state index contributed by atoms with van der Waals surface area (Å²) in [4.78, 5) is 11.4. The molecule has 0 fully saturated rings. The molecule has 1 rings (SSSR count). The number of hydrogen-bond acceptors (Lipinski definition) is 3. The molecule has 1 aromatic rings. The monoisotopic (exact) mass is 324 g/mol. The van der Waals surface area contributed by atoms with E-state index in [0.29, 0.717) is 24.9 Å². The Hall–Kier alpha value is -1.42. The van der Waals surface area contributed by atoms with Crippen molar-refractivity contribution >= 4 is 5.78 Å². The van der Waals surface area contributed by atoms with E-state index in [4.69, 9.17) is 9.47 Å². The summed E-state index contributed by atoms with van der Waals surface area (Å²) in [6.07, 6.45) is 2.65. The zero-order valence-corrected chi connectivity index (χ0v) is 14.7. The average Bonchev–Trinajstić information content (AvgIpc) is 2.50. The molecule has 0 N–H and O–H groups in total. The van der Waals surface area contributed by atoms with Gasteiger partial charge in [-0.15, -0.1) is 0 Å². The summed E-state index contributed by atoms with van der Waals surface area (Å²) in [6, 6.07) is 5.15. The molecule has 0 heterocycles. The third-order valence-electron chi connectivity index (χ3n) is 3.70. The molecular weight excluding hydrogens is 295 g/mol. The van der Waals surface area contributed by atoms with Gasteiger partial charge >= 0.3 is 0 Å². The second-order valence-corrected chi connectivity index (χ2v) is 6.43. The number of benzene rings is 1. The van der Waals surface area contributed by atoms with Gasteiger partial charge in [-0.3, -0.25) is 4.79 Å². The molecule has 130 valence electrons. The van der Waals surface area contributed by atoms with Crippen molar-refractivity contribution in [3.63, 3.8) is 0 Å². The molecule has 0 radical (unpaired) electrons. The first-order valence-electron chi connectivity index (χ1n) is 8.44. The first-order valence-corrected chi connectivity index (χ1v) is 8.44. The van der Waals surface area contributed by atoms with Crippen LogP contribution in [0.5, 0.6) is 5.75 Å². The van der Waals surface area contributed by atoms with Crippen LogP contribution < -0.4 is 4.74 Å². The second-order valence-electron chi connectivity index (χ2n) is 6.43. The summed E-state index contributed by atoms with van der Waals surface area (Å²) in [5.41, 5.74) is 0.975. The predicted molar refractivity (Wildman–Crippen MR) is 90.5 cm³/mol. The van der Waals surface area contributed by atoms with Gasteiger partial charge in [0.15, 0.2) is 17.3 Å². The van der Waals surface area contributed by atoms with Gasteiger partial charge in [0.2, 0.25) is 0 Å². The van der Waals surface area contributed by atoms with Crippen molar-refractivity contribution in [2.45, 2.75) is 52.9 Å². The molecular formula is C19H29FO3. The lowest BCUT2D eigenvalue weighted by Gasteiger charge is -2.10. The van der Waals surface area contributed by atoms with E-state index in [9.17, 15) is 9.18 Å². The van der Waals surface area contributed by atoms with Crippen molar-refractivity contribution in [3.8, 4) is 5.75 Å². The Morgan fingerprint density at radius 3 is 2.39 bits per heavy atom. The van der Waals surface area contributed by atoms with E-state index < -0.39 is 0 Å². The van der Waals surface area contributed by atoms with E-state index in [0.717, 1.165) is 24.8 Å². The topological polar surface area (TPSA) is 35.5 Å². The molecule has 0 aromatic heterocycles. The third kappa shape index (κ3) is 7.60. The molecule has 4 heteroatoms. The minimum Gasteiger partial charge on any atom is -0.491 e. The van der Waals surface area contributed by atoms with Gasteiger partial charge < -0.3 is 9.47 Å². The number of halogens is 1. The minimum atomic E-state index is -0.299. The Labute approximate surface area is 139 Å². The van der Waals surface area contributed by atoms with Crippen molar-refractivity contribution in [3.05, 3.63) is 29.6 Å². The fourth-order valence-electron chi connectivity index (χ4n) is 2.00. The van der Waals surface area contributed by atoms with Gasteiger partial charge in [0.1, 0.15) is 6.61 Å². The summed E-state index contributed by atoms with van der Waals surface area (Å²) in [7, 11) is 0. The molecule has 3 nitrogen and oxygen atoms in total. The van der Waals surface area contributed by atoms with Gasteiger partial charge in [-0.05, 0) is 42.9 Å². The van der Waals surface area contributed by atoms with E-state index in [1.807, 2.05) is 33.8 Å². The number of ketones is 1. The smallest absolute Gasteiger partial charge is 0.165 e. The molecule has 1 aromatic carbocycles. The lowest BCUT2D eigenvalue weighted by Crippen LogP contribution is -2.15. The number of ether oxygens (including phenoxy) is 2. The zero-order chi connectivity index (χ0) is 17.2. The van der Waals surface area contributed by atoms with Gasteiger partial charge in [0.25, 0.3) is 0 Å². The van der Waals surface area contributed by atoms with Crippen molar-refractivity contribution < 1.29 is 18.7 Å². The minimum absolute atomic E-state index is 0.0281. The van der Waals surface area contributed by atoms with Gasteiger partial charge in [-0.2, -0.15) is 0 Å². The van der Waals surface area contributed by atoms with E-state index in [-0.39, 0.29) is 24.1 Å². The Morgan fingerprint density at radius 1 is 1.09 bits per heavy atom. The van der Waals surface area contributed by atoms with E-state index in [2.05, 4.69) is 0 Å². The summed E-state index contributed by atoms with van der Waals surface area (Å²) in [5.74, 6) is 0.482. The molecule has 0 aliphatic heterocycles. The molecule has 0 unspecified atom stereocenters. The van der Waals surface area contributed by atoms with Crippen LogP contribution in [-0.2, 0) is 9.53 Å². The van der Waals surface area contributed by atoms with Crippen molar-refractivity contribution in [1.29, 1.82) is 0 Å².